The van der Waals surface area contributed by atoms with Crippen molar-refractivity contribution >= 4 is 5.97 Å². The van der Waals surface area contributed by atoms with E-state index in [2.05, 4.69) is 42.4 Å². The van der Waals surface area contributed by atoms with Crippen LogP contribution in [0.3, 0.4) is 0 Å². The molecule has 2 aromatic rings. The van der Waals surface area contributed by atoms with E-state index in [4.69, 9.17) is 14.6 Å². The fraction of sp³-hybridized carbons (Fsp3) is 0.791. The molecule has 0 saturated carbocycles. The lowest BCUT2D eigenvalue weighted by Crippen LogP contribution is -2.03. The third-order valence-electron chi connectivity index (χ3n) is 9.82. The normalized spacial score (nSPS) is 11.3. The molecular weight excluding hydrogens is 622 g/mol. The third-order valence-corrected chi connectivity index (χ3v) is 9.82. The number of nitrogens with zero attached hydrogens (tertiary/aromatic N) is 3. The number of hydrogen-bond donors (Lipinski definition) is 1. The molecule has 1 heterocycles. The van der Waals surface area contributed by atoms with E-state index in [0.717, 1.165) is 74.4 Å². The first kappa shape index (κ1) is 43.6. The Balaban J connectivity index is 1.77. The maximum absolute atomic E-state index is 10.6. The molecule has 1 aromatic carbocycles. The zero-order chi connectivity index (χ0) is 35.7. The van der Waals surface area contributed by atoms with Gasteiger partial charge in [0.05, 0.1) is 19.4 Å². The molecule has 0 saturated heterocycles. The second kappa shape index (κ2) is 31.2. The van der Waals surface area contributed by atoms with Crippen LogP contribution in [0.1, 0.15) is 200 Å². The van der Waals surface area contributed by atoms with Gasteiger partial charge >= 0.3 is 5.97 Å². The monoisotopic (exact) mass is 698 g/mol. The summed E-state index contributed by atoms with van der Waals surface area (Å²) in [6.45, 7) is 6.87. The van der Waals surface area contributed by atoms with Crippen molar-refractivity contribution < 1.29 is 19.4 Å². The lowest BCUT2D eigenvalue weighted by Gasteiger charge is -2.14. The SMILES string of the molecule is CCCCCCCCCCCCOc1ccc(-c2cn(CCCCCCCCCCC(=O)O)nn2)cc1OCCCCCCCCCCCC. The number of hydrogen-bond acceptors (Lipinski definition) is 5. The van der Waals surface area contributed by atoms with E-state index in [9.17, 15) is 4.79 Å². The van der Waals surface area contributed by atoms with Crippen LogP contribution in [0.4, 0.5) is 0 Å². The van der Waals surface area contributed by atoms with Gasteiger partial charge in [0.15, 0.2) is 11.5 Å². The topological polar surface area (TPSA) is 86.5 Å². The molecular formula is C43H75N3O4. The predicted molar refractivity (Wildman–Crippen MR) is 209 cm³/mol. The van der Waals surface area contributed by atoms with Crippen LogP contribution in [0.15, 0.2) is 24.4 Å². The van der Waals surface area contributed by atoms with E-state index >= 15 is 0 Å². The van der Waals surface area contributed by atoms with Crippen LogP contribution in [0.25, 0.3) is 11.3 Å². The van der Waals surface area contributed by atoms with Crippen LogP contribution in [-0.2, 0) is 11.3 Å². The Morgan fingerprint density at radius 2 is 1.02 bits per heavy atom. The summed E-state index contributed by atoms with van der Waals surface area (Å²) in [4.78, 5) is 10.6. The van der Waals surface area contributed by atoms with Gasteiger partial charge in [-0.15, -0.1) is 5.10 Å². The van der Waals surface area contributed by atoms with E-state index in [1.54, 1.807) is 0 Å². The number of aliphatic carboxylic acids is 1. The van der Waals surface area contributed by atoms with Crippen molar-refractivity contribution in [3.8, 4) is 22.8 Å². The van der Waals surface area contributed by atoms with Gasteiger partial charge < -0.3 is 14.6 Å². The van der Waals surface area contributed by atoms with Gasteiger partial charge in [-0.1, -0.05) is 173 Å². The standard InChI is InChI=1S/C43H75N3O4/c1-3-5-7-9-11-13-17-21-25-29-35-49-41-33-32-39(37-42(41)50-36-30-26-22-18-14-12-10-8-6-4-2)40-38-46(45-44-40)34-28-24-20-16-15-19-23-27-31-43(47)48/h32-33,37-38H,3-31,34-36H2,1-2H3,(H,47,48). The highest BCUT2D eigenvalue weighted by Gasteiger charge is 2.11. The molecule has 1 aromatic heterocycles. The minimum absolute atomic E-state index is 0.297. The Labute approximate surface area is 306 Å². The van der Waals surface area contributed by atoms with Gasteiger partial charge in [-0.25, -0.2) is 0 Å². The third kappa shape index (κ3) is 23.0. The summed E-state index contributed by atoms with van der Waals surface area (Å²) in [6, 6.07) is 6.24. The molecule has 1 N–H and O–H groups in total. The predicted octanol–water partition coefficient (Wildman–Crippen LogP) is 13.1. The summed E-state index contributed by atoms with van der Waals surface area (Å²) < 4.78 is 14.6. The van der Waals surface area contributed by atoms with Gasteiger partial charge in [0, 0.05) is 18.5 Å². The average Bonchev–Trinajstić information content (AvgIpc) is 3.59. The van der Waals surface area contributed by atoms with Crippen molar-refractivity contribution in [3.63, 3.8) is 0 Å². The second-order valence-corrected chi connectivity index (χ2v) is 14.6. The van der Waals surface area contributed by atoms with E-state index in [1.807, 2.05) is 10.9 Å². The molecule has 50 heavy (non-hydrogen) atoms. The number of aromatic nitrogens is 3. The fourth-order valence-electron chi connectivity index (χ4n) is 6.59. The van der Waals surface area contributed by atoms with Crippen molar-refractivity contribution in [2.75, 3.05) is 13.2 Å². The Morgan fingerprint density at radius 1 is 0.580 bits per heavy atom. The summed E-state index contributed by atoms with van der Waals surface area (Å²) in [6.07, 6.45) is 37.5. The second-order valence-electron chi connectivity index (χ2n) is 14.6. The zero-order valence-corrected chi connectivity index (χ0v) is 32.5. The number of benzene rings is 1. The quantitative estimate of drug-likeness (QED) is 0.0713. The number of carboxylic acids is 1. The number of aryl methyl sites for hydroxylation is 1. The van der Waals surface area contributed by atoms with Crippen LogP contribution in [-0.4, -0.2) is 39.3 Å². The number of ether oxygens (including phenoxy) is 2. The molecule has 0 unspecified atom stereocenters. The smallest absolute Gasteiger partial charge is 0.303 e. The summed E-state index contributed by atoms with van der Waals surface area (Å²) in [5.74, 6) is 0.976. The van der Waals surface area contributed by atoms with Gasteiger partial charge in [0.2, 0.25) is 0 Å². The maximum Gasteiger partial charge on any atom is 0.303 e. The minimum atomic E-state index is -0.685. The Kier molecular flexibility index (Phi) is 27.2. The maximum atomic E-state index is 10.6. The van der Waals surface area contributed by atoms with Gasteiger partial charge in [-0.3, -0.25) is 9.48 Å². The van der Waals surface area contributed by atoms with Gasteiger partial charge in [0.25, 0.3) is 0 Å². The summed E-state index contributed by atoms with van der Waals surface area (Å²) in [5.41, 5.74) is 1.89. The van der Waals surface area contributed by atoms with Crippen LogP contribution >= 0.6 is 0 Å². The van der Waals surface area contributed by atoms with Crippen LogP contribution in [0, 0.1) is 0 Å². The van der Waals surface area contributed by atoms with Gasteiger partial charge in [-0.2, -0.15) is 0 Å². The van der Waals surface area contributed by atoms with Crippen molar-refractivity contribution in [3.05, 3.63) is 24.4 Å². The van der Waals surface area contributed by atoms with Gasteiger partial charge in [-0.05, 0) is 43.9 Å². The van der Waals surface area contributed by atoms with E-state index < -0.39 is 5.97 Å². The molecule has 2 rings (SSSR count). The number of rotatable bonds is 36. The van der Waals surface area contributed by atoms with E-state index in [0.29, 0.717) is 13.0 Å². The first-order chi connectivity index (χ1) is 24.6. The summed E-state index contributed by atoms with van der Waals surface area (Å²) >= 11 is 0. The molecule has 0 aliphatic carbocycles. The van der Waals surface area contributed by atoms with E-state index in [1.165, 1.54) is 141 Å². The highest BCUT2D eigenvalue weighted by Crippen LogP contribution is 2.33. The molecule has 0 spiro atoms. The molecule has 7 nitrogen and oxygen atoms in total. The largest absolute Gasteiger partial charge is 0.490 e. The molecule has 0 aliphatic rings. The van der Waals surface area contributed by atoms with Crippen molar-refractivity contribution in [2.24, 2.45) is 0 Å². The summed E-state index contributed by atoms with van der Waals surface area (Å²) in [7, 11) is 0. The number of carbonyl (C=O) groups is 1. The Morgan fingerprint density at radius 3 is 1.52 bits per heavy atom. The van der Waals surface area contributed by atoms with Crippen molar-refractivity contribution in [1.29, 1.82) is 0 Å². The van der Waals surface area contributed by atoms with Crippen molar-refractivity contribution in [1.82, 2.24) is 15.0 Å². The minimum Gasteiger partial charge on any atom is -0.490 e. The highest BCUT2D eigenvalue weighted by molar-refractivity contribution is 5.66. The molecule has 0 atom stereocenters. The Bertz CT molecular complexity index is 1070. The molecule has 0 radical (unpaired) electrons. The van der Waals surface area contributed by atoms with Gasteiger partial charge in [0.1, 0.15) is 5.69 Å². The van der Waals surface area contributed by atoms with Crippen LogP contribution in [0.2, 0.25) is 0 Å². The van der Waals surface area contributed by atoms with E-state index in [-0.39, 0.29) is 0 Å². The lowest BCUT2D eigenvalue weighted by atomic mass is 10.1. The van der Waals surface area contributed by atoms with Crippen LogP contribution < -0.4 is 9.47 Å². The number of carboxylic acid groups (broad SMARTS) is 1. The highest BCUT2D eigenvalue weighted by atomic mass is 16.5. The average molecular weight is 698 g/mol. The van der Waals surface area contributed by atoms with Crippen LogP contribution in [0.5, 0.6) is 11.5 Å². The summed E-state index contributed by atoms with van der Waals surface area (Å²) in [5, 5.41) is 17.7. The zero-order valence-electron chi connectivity index (χ0n) is 32.5. The molecule has 286 valence electrons. The van der Waals surface area contributed by atoms with Crippen molar-refractivity contribution in [2.45, 2.75) is 207 Å². The first-order valence-corrected chi connectivity index (χ1v) is 21.2. The molecule has 7 heteroatoms. The molecule has 0 fully saturated rings. The molecule has 0 aliphatic heterocycles. The first-order valence-electron chi connectivity index (χ1n) is 21.2. The Hall–Kier alpha value is -2.57. The lowest BCUT2D eigenvalue weighted by molar-refractivity contribution is -0.137. The molecule has 0 amide bonds. The fourth-order valence-corrected chi connectivity index (χ4v) is 6.59. The number of unbranched alkanes of at least 4 members (excludes halogenated alkanes) is 25. The molecule has 0 bridgehead atoms.